The zero-order chi connectivity index (χ0) is 6.57. The summed E-state index contributed by atoms with van der Waals surface area (Å²) in [5, 5.41) is 2.76. The van der Waals surface area contributed by atoms with Crippen LogP contribution in [0.2, 0.25) is 0 Å². The van der Waals surface area contributed by atoms with Gasteiger partial charge in [0.1, 0.15) is 0 Å². The van der Waals surface area contributed by atoms with E-state index in [0.29, 0.717) is 0 Å². The van der Waals surface area contributed by atoms with E-state index in [1.165, 1.54) is 6.08 Å². The van der Waals surface area contributed by atoms with Gasteiger partial charge in [0, 0.05) is 18.8 Å². The van der Waals surface area contributed by atoms with Crippen molar-refractivity contribution in [3.63, 3.8) is 0 Å². The van der Waals surface area contributed by atoms with Crippen LogP contribution in [0.15, 0.2) is 11.8 Å². The number of hydrogen-bond acceptors (Lipinski definition) is 2. The molecule has 0 heterocycles. The van der Waals surface area contributed by atoms with Crippen LogP contribution in [0.5, 0.6) is 0 Å². The summed E-state index contributed by atoms with van der Waals surface area (Å²) >= 11 is 0. The molecule has 46 valence electrons. The van der Waals surface area contributed by atoms with Crippen molar-refractivity contribution in [2.75, 3.05) is 7.05 Å². The molecule has 1 amide bonds. The lowest BCUT2D eigenvalue weighted by Gasteiger charge is -1.93. The summed E-state index contributed by atoms with van der Waals surface area (Å²) in [6.45, 7) is 1.77. The molecule has 0 fully saturated rings. The van der Waals surface area contributed by atoms with E-state index in [-0.39, 0.29) is 0 Å². The van der Waals surface area contributed by atoms with Crippen LogP contribution < -0.4 is 11.1 Å². The Balaban J connectivity index is 3.75. The number of amides is 1. The Bertz CT molecular complexity index is 118. The van der Waals surface area contributed by atoms with Crippen LogP contribution >= 0.6 is 0 Å². The van der Waals surface area contributed by atoms with E-state index >= 15 is 0 Å². The minimum atomic E-state index is -0.420. The molecule has 8 heavy (non-hydrogen) atoms. The molecule has 0 bridgehead atoms. The summed E-state index contributed by atoms with van der Waals surface area (Å²) in [7, 11) is 1.73. The van der Waals surface area contributed by atoms with Crippen LogP contribution in [0.25, 0.3) is 0 Å². The minimum Gasteiger partial charge on any atom is -0.391 e. The minimum absolute atomic E-state index is 0.420. The van der Waals surface area contributed by atoms with E-state index in [9.17, 15) is 4.79 Å². The Hall–Kier alpha value is -0.990. The fourth-order valence-electron chi connectivity index (χ4n) is 0.286. The smallest absolute Gasteiger partial charge is 0.243 e. The maximum absolute atomic E-state index is 10.1. The Morgan fingerprint density at radius 1 is 1.75 bits per heavy atom. The topological polar surface area (TPSA) is 55.1 Å². The van der Waals surface area contributed by atoms with Gasteiger partial charge in [-0.15, -0.1) is 0 Å². The van der Waals surface area contributed by atoms with Crippen LogP contribution in [0, 0.1) is 0 Å². The lowest BCUT2D eigenvalue weighted by Crippen LogP contribution is -2.11. The molecule has 0 unspecified atom stereocenters. The van der Waals surface area contributed by atoms with Crippen LogP contribution in [-0.4, -0.2) is 13.0 Å². The first kappa shape index (κ1) is 7.01. The molecule has 0 atom stereocenters. The summed E-state index contributed by atoms with van der Waals surface area (Å²) in [5.74, 6) is -0.420. The quantitative estimate of drug-likeness (QED) is 0.480. The molecule has 0 spiro atoms. The van der Waals surface area contributed by atoms with E-state index in [1.54, 1.807) is 14.0 Å². The number of nitrogens with one attached hydrogen (secondary N) is 1. The molecule has 0 saturated heterocycles. The maximum Gasteiger partial charge on any atom is 0.243 e. The van der Waals surface area contributed by atoms with Gasteiger partial charge in [-0.25, -0.2) is 0 Å². The van der Waals surface area contributed by atoms with Crippen molar-refractivity contribution >= 4 is 5.91 Å². The standard InChI is InChI=1S/C5H10N2O/c1-4(7-2)3-5(6)8/h3,7H,1-2H3,(H2,6,8)/b4-3-. The molecule has 0 saturated carbocycles. The number of carbonyl (C=O) groups excluding carboxylic acids is 1. The normalized spacial score (nSPS) is 11.0. The summed E-state index contributed by atoms with van der Waals surface area (Å²) < 4.78 is 0. The highest BCUT2D eigenvalue weighted by atomic mass is 16.1. The summed E-state index contributed by atoms with van der Waals surface area (Å²) in [6, 6.07) is 0. The molecule has 0 rings (SSSR count). The van der Waals surface area contributed by atoms with Crippen molar-refractivity contribution in [1.82, 2.24) is 5.32 Å². The third-order valence-electron chi connectivity index (χ3n) is 0.753. The molecule has 3 heteroatoms. The van der Waals surface area contributed by atoms with E-state index in [4.69, 9.17) is 5.73 Å². The van der Waals surface area contributed by atoms with Crippen LogP contribution in [0.4, 0.5) is 0 Å². The second-order valence-corrected chi connectivity index (χ2v) is 1.48. The number of hydrogen-bond donors (Lipinski definition) is 2. The average molecular weight is 114 g/mol. The summed E-state index contributed by atoms with van der Waals surface area (Å²) in [6.07, 6.45) is 1.33. The fourth-order valence-corrected chi connectivity index (χ4v) is 0.286. The molecular formula is C5H10N2O. The number of nitrogens with two attached hydrogens (primary N) is 1. The van der Waals surface area contributed by atoms with Gasteiger partial charge in [-0.2, -0.15) is 0 Å². The lowest BCUT2D eigenvalue weighted by molar-refractivity contribution is -0.113. The molecule has 3 N–H and O–H groups in total. The Labute approximate surface area is 48.6 Å². The Morgan fingerprint density at radius 3 is 2.38 bits per heavy atom. The molecule has 3 nitrogen and oxygen atoms in total. The average Bonchev–Trinajstić information content (AvgIpc) is 1.65. The van der Waals surface area contributed by atoms with Gasteiger partial charge in [0.15, 0.2) is 0 Å². The summed E-state index contributed by atoms with van der Waals surface area (Å²) in [4.78, 5) is 10.1. The van der Waals surface area contributed by atoms with Crippen molar-refractivity contribution in [3.05, 3.63) is 11.8 Å². The first-order valence-electron chi connectivity index (χ1n) is 2.32. The Kier molecular flexibility index (Phi) is 2.69. The third-order valence-corrected chi connectivity index (χ3v) is 0.753. The van der Waals surface area contributed by atoms with Gasteiger partial charge in [-0.05, 0) is 6.92 Å². The zero-order valence-corrected chi connectivity index (χ0v) is 5.06. The van der Waals surface area contributed by atoms with Crippen molar-refractivity contribution in [2.45, 2.75) is 6.92 Å². The number of allylic oxidation sites excluding steroid dienone is 1. The van der Waals surface area contributed by atoms with Crippen molar-refractivity contribution in [2.24, 2.45) is 5.73 Å². The highest BCUT2D eigenvalue weighted by Gasteiger charge is 1.84. The van der Waals surface area contributed by atoms with Crippen LogP contribution in [0.3, 0.4) is 0 Å². The lowest BCUT2D eigenvalue weighted by atomic mass is 10.4. The number of carbonyl (C=O) groups is 1. The van der Waals surface area contributed by atoms with Gasteiger partial charge in [-0.3, -0.25) is 4.79 Å². The van der Waals surface area contributed by atoms with Crippen molar-refractivity contribution in [1.29, 1.82) is 0 Å². The first-order chi connectivity index (χ1) is 3.66. The van der Waals surface area contributed by atoms with Crippen molar-refractivity contribution in [3.8, 4) is 0 Å². The van der Waals surface area contributed by atoms with Crippen LogP contribution in [-0.2, 0) is 4.79 Å². The fraction of sp³-hybridized carbons (Fsp3) is 0.400. The van der Waals surface area contributed by atoms with Gasteiger partial charge in [0.2, 0.25) is 5.91 Å². The van der Waals surface area contributed by atoms with Gasteiger partial charge in [-0.1, -0.05) is 0 Å². The molecule has 0 aromatic rings. The predicted octanol–water partition coefficient (Wildman–Crippen LogP) is -0.405. The van der Waals surface area contributed by atoms with Gasteiger partial charge in [0.05, 0.1) is 0 Å². The SMILES string of the molecule is CN/C(C)=C\C(N)=O. The predicted molar refractivity (Wildman–Crippen MR) is 32.0 cm³/mol. The third kappa shape index (κ3) is 3.21. The zero-order valence-electron chi connectivity index (χ0n) is 5.06. The number of primary amides is 1. The van der Waals surface area contributed by atoms with E-state index < -0.39 is 5.91 Å². The largest absolute Gasteiger partial charge is 0.391 e. The highest BCUT2D eigenvalue weighted by molar-refractivity contribution is 5.86. The molecule has 0 radical (unpaired) electrons. The highest BCUT2D eigenvalue weighted by Crippen LogP contribution is 1.79. The first-order valence-corrected chi connectivity index (χ1v) is 2.32. The maximum atomic E-state index is 10.1. The second kappa shape index (κ2) is 3.07. The van der Waals surface area contributed by atoms with E-state index in [0.717, 1.165) is 5.70 Å². The second-order valence-electron chi connectivity index (χ2n) is 1.48. The number of rotatable bonds is 2. The Morgan fingerprint density at radius 2 is 2.25 bits per heavy atom. The molecule has 0 aromatic heterocycles. The van der Waals surface area contributed by atoms with Crippen LogP contribution in [0.1, 0.15) is 6.92 Å². The van der Waals surface area contributed by atoms with Gasteiger partial charge < -0.3 is 11.1 Å². The molecule has 0 aliphatic heterocycles. The molecule has 0 aliphatic carbocycles. The van der Waals surface area contributed by atoms with Gasteiger partial charge >= 0.3 is 0 Å². The molecule has 0 aromatic carbocycles. The molecular weight excluding hydrogens is 104 g/mol. The van der Waals surface area contributed by atoms with Gasteiger partial charge in [0.25, 0.3) is 0 Å². The van der Waals surface area contributed by atoms with Crippen molar-refractivity contribution < 1.29 is 4.79 Å². The molecule has 0 aliphatic rings. The summed E-state index contributed by atoms with van der Waals surface area (Å²) in [5.41, 5.74) is 5.59. The monoisotopic (exact) mass is 114 g/mol. The van der Waals surface area contributed by atoms with E-state index in [2.05, 4.69) is 5.32 Å². The van der Waals surface area contributed by atoms with E-state index in [1.807, 2.05) is 0 Å².